The predicted molar refractivity (Wildman–Crippen MR) is 125 cm³/mol. The lowest BCUT2D eigenvalue weighted by Gasteiger charge is -2.24. The SMILES string of the molecule is C=CC1CC1.CNc1cc2cc(-c3cncc(NC4CCNCC4)n3)ccc2cn1. The first-order valence-electron chi connectivity index (χ1n) is 10.7. The predicted octanol–water partition coefficient (Wildman–Crippen LogP) is 4.48. The quantitative estimate of drug-likeness (QED) is 0.547. The fourth-order valence-electron chi connectivity index (χ4n) is 3.52. The third-order valence-electron chi connectivity index (χ3n) is 5.55. The van der Waals surface area contributed by atoms with Crippen molar-refractivity contribution in [3.63, 3.8) is 0 Å². The van der Waals surface area contributed by atoms with Gasteiger partial charge in [0, 0.05) is 30.2 Å². The number of allylic oxidation sites excluding steroid dienone is 1. The van der Waals surface area contributed by atoms with Gasteiger partial charge in [-0.1, -0.05) is 18.2 Å². The zero-order valence-electron chi connectivity index (χ0n) is 17.6. The number of hydrogen-bond acceptors (Lipinski definition) is 6. The van der Waals surface area contributed by atoms with Crippen LogP contribution in [0.15, 0.2) is 55.5 Å². The van der Waals surface area contributed by atoms with E-state index in [1.165, 1.54) is 12.8 Å². The second-order valence-electron chi connectivity index (χ2n) is 7.91. The Morgan fingerprint density at radius 3 is 2.53 bits per heavy atom. The van der Waals surface area contributed by atoms with Crippen molar-refractivity contribution in [2.45, 2.75) is 31.7 Å². The van der Waals surface area contributed by atoms with Gasteiger partial charge in [-0.25, -0.2) is 9.97 Å². The van der Waals surface area contributed by atoms with Crippen LogP contribution in [0.5, 0.6) is 0 Å². The molecule has 1 aromatic carbocycles. The van der Waals surface area contributed by atoms with E-state index < -0.39 is 0 Å². The zero-order valence-corrected chi connectivity index (χ0v) is 17.6. The summed E-state index contributed by atoms with van der Waals surface area (Å²) in [6.45, 7) is 5.73. The Labute approximate surface area is 178 Å². The summed E-state index contributed by atoms with van der Waals surface area (Å²) in [5.74, 6) is 2.60. The van der Waals surface area contributed by atoms with Crippen molar-refractivity contribution in [3.8, 4) is 11.3 Å². The maximum absolute atomic E-state index is 4.76. The molecule has 1 saturated carbocycles. The summed E-state index contributed by atoms with van der Waals surface area (Å²) in [6.07, 6.45) is 12.5. The lowest BCUT2D eigenvalue weighted by atomic mass is 10.1. The summed E-state index contributed by atoms with van der Waals surface area (Å²) in [4.78, 5) is 13.5. The first kappa shape index (κ1) is 20.3. The molecule has 0 unspecified atom stereocenters. The average Bonchev–Trinajstić information content (AvgIpc) is 3.64. The normalized spacial score (nSPS) is 16.4. The van der Waals surface area contributed by atoms with Crippen LogP contribution in [0.25, 0.3) is 22.0 Å². The van der Waals surface area contributed by atoms with E-state index in [4.69, 9.17) is 4.98 Å². The van der Waals surface area contributed by atoms with E-state index >= 15 is 0 Å². The third-order valence-corrected chi connectivity index (χ3v) is 5.55. The molecule has 1 aliphatic heterocycles. The van der Waals surface area contributed by atoms with Crippen LogP contribution >= 0.6 is 0 Å². The monoisotopic (exact) mass is 402 g/mol. The molecule has 0 spiro atoms. The van der Waals surface area contributed by atoms with Gasteiger partial charge in [0.05, 0.1) is 18.1 Å². The Hall–Kier alpha value is -2.99. The van der Waals surface area contributed by atoms with Gasteiger partial charge in [0.1, 0.15) is 11.6 Å². The molecule has 1 saturated heterocycles. The molecule has 6 heteroatoms. The smallest absolute Gasteiger partial charge is 0.145 e. The summed E-state index contributed by atoms with van der Waals surface area (Å²) in [7, 11) is 1.87. The maximum atomic E-state index is 4.76. The van der Waals surface area contributed by atoms with E-state index in [0.29, 0.717) is 6.04 Å². The van der Waals surface area contributed by atoms with Crippen molar-refractivity contribution in [3.05, 3.63) is 55.5 Å². The van der Waals surface area contributed by atoms with Gasteiger partial charge in [-0.05, 0) is 62.2 Å². The fraction of sp³-hybridized carbons (Fsp3) is 0.375. The summed E-state index contributed by atoms with van der Waals surface area (Å²) in [5, 5.41) is 12.2. The number of benzene rings is 1. The van der Waals surface area contributed by atoms with Crippen LogP contribution < -0.4 is 16.0 Å². The van der Waals surface area contributed by atoms with Crippen LogP contribution in [0.2, 0.25) is 0 Å². The minimum atomic E-state index is 0.465. The molecule has 2 fully saturated rings. The largest absolute Gasteiger partial charge is 0.373 e. The Kier molecular flexibility index (Phi) is 6.54. The Bertz CT molecular complexity index is 992. The summed E-state index contributed by atoms with van der Waals surface area (Å²) < 4.78 is 0. The topological polar surface area (TPSA) is 74.8 Å². The van der Waals surface area contributed by atoms with Crippen molar-refractivity contribution < 1.29 is 0 Å². The van der Waals surface area contributed by atoms with Crippen molar-refractivity contribution >= 4 is 22.4 Å². The van der Waals surface area contributed by atoms with Crippen LogP contribution in [0.1, 0.15) is 25.7 Å². The number of anilines is 2. The summed E-state index contributed by atoms with van der Waals surface area (Å²) >= 11 is 0. The fourth-order valence-corrected chi connectivity index (χ4v) is 3.52. The van der Waals surface area contributed by atoms with Crippen molar-refractivity contribution in [2.75, 3.05) is 30.8 Å². The van der Waals surface area contributed by atoms with Crippen molar-refractivity contribution in [2.24, 2.45) is 5.92 Å². The second kappa shape index (κ2) is 9.67. The molecule has 2 aromatic heterocycles. The molecule has 3 heterocycles. The minimum Gasteiger partial charge on any atom is -0.373 e. The molecule has 3 N–H and O–H groups in total. The van der Waals surface area contributed by atoms with Crippen LogP contribution in [0.4, 0.5) is 11.6 Å². The van der Waals surface area contributed by atoms with Gasteiger partial charge in [0.25, 0.3) is 0 Å². The van der Waals surface area contributed by atoms with Gasteiger partial charge < -0.3 is 16.0 Å². The highest BCUT2D eigenvalue weighted by Crippen LogP contribution is 2.29. The molecule has 6 nitrogen and oxygen atoms in total. The maximum Gasteiger partial charge on any atom is 0.145 e. The van der Waals surface area contributed by atoms with Crippen molar-refractivity contribution in [1.29, 1.82) is 0 Å². The number of rotatable bonds is 5. The van der Waals surface area contributed by atoms with E-state index in [2.05, 4.69) is 50.7 Å². The summed E-state index contributed by atoms with van der Waals surface area (Å²) in [6, 6.07) is 8.79. The Morgan fingerprint density at radius 1 is 1.00 bits per heavy atom. The minimum absolute atomic E-state index is 0.465. The van der Waals surface area contributed by atoms with Crippen LogP contribution in [-0.4, -0.2) is 41.1 Å². The number of piperidine rings is 1. The number of pyridine rings is 1. The van der Waals surface area contributed by atoms with Crippen LogP contribution in [0, 0.1) is 5.92 Å². The van der Waals surface area contributed by atoms with Gasteiger partial charge >= 0.3 is 0 Å². The Balaban J connectivity index is 0.000000383. The highest BCUT2D eigenvalue weighted by molar-refractivity contribution is 5.88. The van der Waals surface area contributed by atoms with E-state index in [1.54, 1.807) is 6.20 Å². The second-order valence-corrected chi connectivity index (χ2v) is 7.91. The highest BCUT2D eigenvalue weighted by Gasteiger charge is 2.15. The van der Waals surface area contributed by atoms with E-state index in [-0.39, 0.29) is 0 Å². The van der Waals surface area contributed by atoms with E-state index in [9.17, 15) is 0 Å². The number of nitrogens with one attached hydrogen (secondary N) is 3. The molecule has 5 rings (SSSR count). The standard InChI is InChI=1S/C19H22N6.C5H8/c1-20-18-9-15-8-13(2-3-14(15)10-23-18)17-11-22-12-19(25-17)24-16-4-6-21-7-5-16;1-2-5-3-4-5/h2-3,8-12,16,21H,4-7H2,1H3,(H,20,23)(H,24,25);2,5H,1,3-4H2. The van der Waals surface area contributed by atoms with E-state index in [1.807, 2.05) is 31.6 Å². The van der Waals surface area contributed by atoms with Crippen molar-refractivity contribution in [1.82, 2.24) is 20.3 Å². The lowest BCUT2D eigenvalue weighted by molar-refractivity contribution is 0.478. The average molecular weight is 403 g/mol. The van der Waals surface area contributed by atoms with Gasteiger partial charge in [0.15, 0.2) is 0 Å². The zero-order chi connectivity index (χ0) is 20.8. The molecule has 0 amide bonds. The number of hydrogen-bond donors (Lipinski definition) is 3. The van der Waals surface area contributed by atoms with Crippen LogP contribution in [-0.2, 0) is 0 Å². The number of nitrogens with zero attached hydrogens (tertiary/aromatic N) is 3. The Morgan fingerprint density at radius 2 is 1.83 bits per heavy atom. The van der Waals surface area contributed by atoms with Gasteiger partial charge in [-0.3, -0.25) is 4.98 Å². The summed E-state index contributed by atoms with van der Waals surface area (Å²) in [5.41, 5.74) is 1.94. The molecule has 0 radical (unpaired) electrons. The van der Waals surface area contributed by atoms with Crippen LogP contribution in [0.3, 0.4) is 0 Å². The molecule has 1 aliphatic carbocycles. The molecular formula is C24H30N6. The molecule has 2 aliphatic rings. The lowest BCUT2D eigenvalue weighted by Crippen LogP contribution is -2.35. The van der Waals surface area contributed by atoms with Gasteiger partial charge in [-0.2, -0.15) is 0 Å². The first-order valence-corrected chi connectivity index (χ1v) is 10.7. The molecule has 156 valence electrons. The van der Waals surface area contributed by atoms with E-state index in [0.717, 1.165) is 65.5 Å². The molecular weight excluding hydrogens is 372 g/mol. The van der Waals surface area contributed by atoms with Gasteiger partial charge in [-0.15, -0.1) is 6.58 Å². The molecule has 3 aromatic rings. The molecule has 0 atom stereocenters. The molecule has 30 heavy (non-hydrogen) atoms. The molecule has 0 bridgehead atoms. The number of aromatic nitrogens is 3. The number of fused-ring (bicyclic) bond motifs is 1. The first-order chi connectivity index (χ1) is 14.7. The highest BCUT2D eigenvalue weighted by atomic mass is 15.1. The third kappa shape index (κ3) is 5.33. The van der Waals surface area contributed by atoms with Gasteiger partial charge in [0.2, 0.25) is 0 Å².